The van der Waals surface area contributed by atoms with Crippen molar-refractivity contribution in [1.29, 1.82) is 0 Å². The second kappa shape index (κ2) is 6.61. The maximum Gasteiger partial charge on any atom is 0.204 e. The van der Waals surface area contributed by atoms with Crippen LogP contribution in [0, 0.1) is 23.3 Å². The fourth-order valence-corrected chi connectivity index (χ4v) is 1.92. The molecule has 2 rings (SSSR count). The summed E-state index contributed by atoms with van der Waals surface area (Å²) in [6.45, 7) is 1.85. The van der Waals surface area contributed by atoms with Gasteiger partial charge >= 0.3 is 0 Å². The van der Waals surface area contributed by atoms with Crippen LogP contribution in [0.1, 0.15) is 19.8 Å². The van der Waals surface area contributed by atoms with Crippen LogP contribution >= 0.6 is 0 Å². The van der Waals surface area contributed by atoms with Crippen LogP contribution in [0.5, 0.6) is 5.75 Å². The molecule has 2 aromatic carbocycles. The first-order chi connectivity index (χ1) is 10.1. The number of hydrogen-bond acceptors (Lipinski definition) is 1. The van der Waals surface area contributed by atoms with Crippen molar-refractivity contribution in [2.45, 2.75) is 19.8 Å². The minimum Gasteiger partial charge on any atom is -0.487 e. The molecule has 2 aromatic rings. The van der Waals surface area contributed by atoms with Gasteiger partial charge in [0.1, 0.15) is 0 Å². The van der Waals surface area contributed by atoms with E-state index < -0.39 is 34.6 Å². The zero-order valence-electron chi connectivity index (χ0n) is 11.4. The highest BCUT2D eigenvalue weighted by molar-refractivity contribution is 5.66. The van der Waals surface area contributed by atoms with E-state index in [1.54, 1.807) is 6.07 Å². The van der Waals surface area contributed by atoms with Crippen LogP contribution in [0.3, 0.4) is 0 Å². The predicted octanol–water partition coefficient (Wildman–Crippen LogP) is 5.09. The molecular formula is C16H14F4O. The highest BCUT2D eigenvalue weighted by Crippen LogP contribution is 2.35. The monoisotopic (exact) mass is 298 g/mol. The van der Waals surface area contributed by atoms with E-state index in [0.29, 0.717) is 6.42 Å². The summed E-state index contributed by atoms with van der Waals surface area (Å²) in [5.74, 6) is -6.93. The molecule has 0 saturated heterocycles. The van der Waals surface area contributed by atoms with E-state index in [9.17, 15) is 17.6 Å². The number of hydrogen-bond donors (Lipinski definition) is 0. The van der Waals surface area contributed by atoms with Gasteiger partial charge in [-0.15, -0.1) is 0 Å². The number of benzene rings is 2. The third-order valence-corrected chi connectivity index (χ3v) is 3.03. The van der Waals surface area contributed by atoms with Crippen molar-refractivity contribution in [3.05, 3.63) is 53.6 Å². The molecule has 0 atom stereocenters. The first-order valence-corrected chi connectivity index (χ1v) is 6.62. The van der Waals surface area contributed by atoms with Crippen molar-refractivity contribution >= 4 is 0 Å². The summed E-state index contributed by atoms with van der Waals surface area (Å²) in [5.41, 5.74) is -0.668. The van der Waals surface area contributed by atoms with Crippen LogP contribution in [0.25, 0.3) is 11.1 Å². The van der Waals surface area contributed by atoms with E-state index in [2.05, 4.69) is 0 Å². The predicted molar refractivity (Wildman–Crippen MR) is 72.1 cm³/mol. The van der Waals surface area contributed by atoms with Crippen molar-refractivity contribution in [3.8, 4) is 16.9 Å². The summed E-state index contributed by atoms with van der Waals surface area (Å²) in [6, 6.07) is 7.43. The minimum absolute atomic E-state index is 0.00605. The molecule has 0 amide bonds. The smallest absolute Gasteiger partial charge is 0.204 e. The van der Waals surface area contributed by atoms with Gasteiger partial charge in [0.05, 0.1) is 12.2 Å². The topological polar surface area (TPSA) is 9.23 Å². The van der Waals surface area contributed by atoms with Crippen LogP contribution in [0.2, 0.25) is 0 Å². The molecule has 0 aliphatic carbocycles. The summed E-state index contributed by atoms with van der Waals surface area (Å²) in [4.78, 5) is 0. The Morgan fingerprint density at radius 2 is 1.43 bits per heavy atom. The highest BCUT2D eigenvalue weighted by atomic mass is 19.2. The van der Waals surface area contributed by atoms with Gasteiger partial charge in [0.2, 0.25) is 11.6 Å². The molecular weight excluding hydrogens is 284 g/mol. The molecule has 21 heavy (non-hydrogen) atoms. The fourth-order valence-electron chi connectivity index (χ4n) is 1.92. The molecule has 0 heterocycles. The molecule has 5 heteroatoms. The second-order valence-corrected chi connectivity index (χ2v) is 4.53. The SMILES string of the molecule is CCCCOc1c(F)c(F)c(-c2ccccc2)c(F)c1F. The Hall–Kier alpha value is -2.04. The number of rotatable bonds is 5. The Bertz CT molecular complexity index is 597. The van der Waals surface area contributed by atoms with Crippen LogP contribution in [0.15, 0.2) is 30.3 Å². The molecule has 0 fully saturated rings. The zero-order valence-corrected chi connectivity index (χ0v) is 11.4. The van der Waals surface area contributed by atoms with Crippen molar-refractivity contribution in [2.75, 3.05) is 6.61 Å². The van der Waals surface area contributed by atoms with E-state index in [1.807, 2.05) is 6.92 Å². The Labute approximate surface area is 120 Å². The van der Waals surface area contributed by atoms with E-state index in [1.165, 1.54) is 24.3 Å². The Morgan fingerprint density at radius 3 is 1.95 bits per heavy atom. The van der Waals surface area contributed by atoms with Crippen LogP contribution in [0.4, 0.5) is 17.6 Å². The van der Waals surface area contributed by atoms with Crippen molar-refractivity contribution < 1.29 is 22.3 Å². The van der Waals surface area contributed by atoms with E-state index in [4.69, 9.17) is 4.74 Å². The zero-order chi connectivity index (χ0) is 15.4. The maximum absolute atomic E-state index is 14.0. The van der Waals surface area contributed by atoms with Gasteiger partial charge in [0, 0.05) is 0 Å². The average Bonchev–Trinajstić information content (AvgIpc) is 2.50. The number of unbranched alkanes of at least 4 members (excludes halogenated alkanes) is 1. The minimum atomic E-state index is -1.51. The standard InChI is InChI=1S/C16H14F4O/c1-2-3-9-21-16-14(19)12(17)11(13(18)15(16)20)10-7-5-4-6-8-10/h4-8H,2-3,9H2,1H3. The van der Waals surface area contributed by atoms with Gasteiger partial charge in [0.15, 0.2) is 17.4 Å². The molecule has 0 aromatic heterocycles. The molecule has 112 valence electrons. The summed E-state index contributed by atoms with van der Waals surface area (Å²) >= 11 is 0. The molecule has 0 aliphatic rings. The lowest BCUT2D eigenvalue weighted by molar-refractivity contribution is 0.267. The lowest BCUT2D eigenvalue weighted by Crippen LogP contribution is -2.07. The average molecular weight is 298 g/mol. The van der Waals surface area contributed by atoms with Gasteiger partial charge in [0.25, 0.3) is 0 Å². The second-order valence-electron chi connectivity index (χ2n) is 4.53. The summed E-state index contributed by atoms with van der Waals surface area (Å²) in [5, 5.41) is 0. The molecule has 0 spiro atoms. The third kappa shape index (κ3) is 3.01. The maximum atomic E-state index is 14.0. The summed E-state index contributed by atoms with van der Waals surface area (Å²) in [6.07, 6.45) is 1.26. The third-order valence-electron chi connectivity index (χ3n) is 3.03. The highest BCUT2D eigenvalue weighted by Gasteiger charge is 2.27. The number of halogens is 4. The lowest BCUT2D eigenvalue weighted by Gasteiger charge is -2.13. The molecule has 0 radical (unpaired) electrons. The first-order valence-electron chi connectivity index (χ1n) is 6.62. The lowest BCUT2D eigenvalue weighted by atomic mass is 10.0. The molecule has 0 N–H and O–H groups in total. The van der Waals surface area contributed by atoms with E-state index >= 15 is 0 Å². The van der Waals surface area contributed by atoms with E-state index in [0.717, 1.165) is 6.42 Å². The van der Waals surface area contributed by atoms with Crippen molar-refractivity contribution in [1.82, 2.24) is 0 Å². The largest absolute Gasteiger partial charge is 0.487 e. The molecule has 0 unspecified atom stereocenters. The van der Waals surface area contributed by atoms with Crippen LogP contribution in [-0.4, -0.2) is 6.61 Å². The molecule has 0 bridgehead atoms. The van der Waals surface area contributed by atoms with Crippen LogP contribution < -0.4 is 4.74 Å². The van der Waals surface area contributed by atoms with Gasteiger partial charge in [-0.05, 0) is 12.0 Å². The normalized spacial score (nSPS) is 10.7. The molecule has 0 saturated carbocycles. The summed E-state index contributed by atoms with van der Waals surface area (Å²) in [7, 11) is 0. The van der Waals surface area contributed by atoms with Gasteiger partial charge in [-0.1, -0.05) is 43.7 Å². The van der Waals surface area contributed by atoms with Crippen molar-refractivity contribution in [2.24, 2.45) is 0 Å². The Kier molecular flexibility index (Phi) is 4.83. The van der Waals surface area contributed by atoms with E-state index in [-0.39, 0.29) is 12.2 Å². The summed E-state index contributed by atoms with van der Waals surface area (Å²) < 4.78 is 60.7. The van der Waals surface area contributed by atoms with Gasteiger partial charge in [-0.3, -0.25) is 0 Å². The fraction of sp³-hybridized carbons (Fsp3) is 0.250. The van der Waals surface area contributed by atoms with Crippen molar-refractivity contribution in [3.63, 3.8) is 0 Å². The Balaban J connectivity index is 2.51. The quantitative estimate of drug-likeness (QED) is 0.424. The Morgan fingerprint density at radius 1 is 0.857 bits per heavy atom. The van der Waals surface area contributed by atoms with Gasteiger partial charge in [-0.25, -0.2) is 8.78 Å². The first kappa shape index (κ1) is 15.4. The molecule has 1 nitrogen and oxygen atoms in total. The number of ether oxygens (including phenoxy) is 1. The van der Waals surface area contributed by atoms with Crippen LogP contribution in [-0.2, 0) is 0 Å². The van der Waals surface area contributed by atoms with Gasteiger partial charge < -0.3 is 4.74 Å². The molecule has 0 aliphatic heterocycles. The van der Waals surface area contributed by atoms with Gasteiger partial charge in [-0.2, -0.15) is 8.78 Å².